The van der Waals surface area contributed by atoms with Crippen LogP contribution in [0.1, 0.15) is 43.6 Å². The van der Waals surface area contributed by atoms with Gasteiger partial charge in [-0.15, -0.1) is 0 Å². The minimum Gasteiger partial charge on any atom is -0.334 e. The van der Waals surface area contributed by atoms with Gasteiger partial charge >= 0.3 is 0 Å². The first kappa shape index (κ1) is 10.3. The van der Waals surface area contributed by atoms with Gasteiger partial charge in [0, 0.05) is 31.6 Å². The lowest BCUT2D eigenvalue weighted by Gasteiger charge is -2.20. The monoisotopic (exact) mass is 219 g/mol. The molecule has 16 heavy (non-hydrogen) atoms. The van der Waals surface area contributed by atoms with Gasteiger partial charge in [0.05, 0.1) is 5.69 Å². The van der Waals surface area contributed by atoms with Crippen LogP contribution in [0, 0.1) is 5.92 Å². The lowest BCUT2D eigenvalue weighted by atomic mass is 9.97. The molecule has 1 aromatic rings. The zero-order valence-corrected chi connectivity index (χ0v) is 10.1. The molecule has 0 radical (unpaired) electrons. The molecule has 1 saturated heterocycles. The summed E-state index contributed by atoms with van der Waals surface area (Å²) in [6.07, 6.45) is 7.38. The summed E-state index contributed by atoms with van der Waals surface area (Å²) < 4.78 is 2.39. The Bertz CT molecular complexity index is 363. The molecular formula is C13H21N3. The van der Waals surface area contributed by atoms with E-state index in [9.17, 15) is 0 Å². The van der Waals surface area contributed by atoms with Crippen molar-refractivity contribution in [2.24, 2.45) is 5.92 Å². The molecule has 1 fully saturated rings. The molecule has 1 N–H and O–H groups in total. The maximum Gasteiger partial charge on any atom is 0.108 e. The highest BCUT2D eigenvalue weighted by Gasteiger charge is 2.22. The van der Waals surface area contributed by atoms with Crippen molar-refractivity contribution in [2.75, 3.05) is 13.1 Å². The Kier molecular flexibility index (Phi) is 2.72. The summed E-state index contributed by atoms with van der Waals surface area (Å²) in [5, 5.41) is 3.47. The molecule has 0 saturated carbocycles. The van der Waals surface area contributed by atoms with Crippen LogP contribution >= 0.6 is 0 Å². The first-order chi connectivity index (χ1) is 7.83. The minimum absolute atomic E-state index is 0.655. The van der Waals surface area contributed by atoms with Crippen molar-refractivity contribution in [3.8, 4) is 0 Å². The fourth-order valence-electron chi connectivity index (χ4n) is 2.94. The van der Waals surface area contributed by atoms with Gasteiger partial charge in [-0.1, -0.05) is 6.92 Å². The van der Waals surface area contributed by atoms with Crippen molar-refractivity contribution in [3.63, 3.8) is 0 Å². The lowest BCUT2D eigenvalue weighted by Crippen LogP contribution is -2.28. The van der Waals surface area contributed by atoms with Crippen LogP contribution in [0.3, 0.4) is 0 Å². The SMILES string of the molecule is CC1CCc2nc(C3CCCNC3)cn2C1. The van der Waals surface area contributed by atoms with Crippen molar-refractivity contribution < 1.29 is 0 Å². The molecule has 2 atom stereocenters. The van der Waals surface area contributed by atoms with E-state index in [1.165, 1.54) is 50.3 Å². The second-order valence-corrected chi connectivity index (χ2v) is 5.42. The fraction of sp³-hybridized carbons (Fsp3) is 0.769. The van der Waals surface area contributed by atoms with Gasteiger partial charge in [-0.2, -0.15) is 0 Å². The second-order valence-electron chi connectivity index (χ2n) is 5.42. The highest BCUT2D eigenvalue weighted by atomic mass is 15.1. The van der Waals surface area contributed by atoms with Crippen molar-refractivity contribution in [2.45, 2.75) is 45.1 Å². The fourth-order valence-corrected chi connectivity index (χ4v) is 2.94. The topological polar surface area (TPSA) is 29.9 Å². The Labute approximate surface area is 97.3 Å². The number of fused-ring (bicyclic) bond motifs is 1. The van der Waals surface area contributed by atoms with Crippen LogP contribution in [0.15, 0.2) is 6.20 Å². The number of imidazole rings is 1. The average Bonchev–Trinajstić information content (AvgIpc) is 2.73. The quantitative estimate of drug-likeness (QED) is 0.782. The molecule has 0 amide bonds. The van der Waals surface area contributed by atoms with Crippen LogP contribution < -0.4 is 5.32 Å². The summed E-state index contributed by atoms with van der Waals surface area (Å²) >= 11 is 0. The van der Waals surface area contributed by atoms with E-state index in [1.54, 1.807) is 0 Å². The van der Waals surface area contributed by atoms with Gasteiger partial charge in [-0.3, -0.25) is 0 Å². The molecule has 1 aromatic heterocycles. The third-order valence-electron chi connectivity index (χ3n) is 3.96. The molecule has 88 valence electrons. The van der Waals surface area contributed by atoms with Gasteiger partial charge in [-0.25, -0.2) is 4.98 Å². The van der Waals surface area contributed by atoms with Gasteiger partial charge in [0.1, 0.15) is 5.82 Å². The summed E-state index contributed by atoms with van der Waals surface area (Å²) in [5.41, 5.74) is 1.33. The highest BCUT2D eigenvalue weighted by Crippen LogP contribution is 2.26. The number of rotatable bonds is 1. The number of aromatic nitrogens is 2. The smallest absolute Gasteiger partial charge is 0.108 e. The third kappa shape index (κ3) is 1.88. The van der Waals surface area contributed by atoms with E-state index in [-0.39, 0.29) is 0 Å². The molecule has 0 bridgehead atoms. The molecule has 3 rings (SSSR count). The van der Waals surface area contributed by atoms with Crippen LogP contribution in [-0.4, -0.2) is 22.6 Å². The van der Waals surface area contributed by atoms with Crippen molar-refractivity contribution in [3.05, 3.63) is 17.7 Å². The predicted molar refractivity (Wildman–Crippen MR) is 64.6 cm³/mol. The van der Waals surface area contributed by atoms with E-state index in [0.717, 1.165) is 12.5 Å². The van der Waals surface area contributed by atoms with Gasteiger partial charge in [0.25, 0.3) is 0 Å². The Hall–Kier alpha value is -0.830. The number of nitrogens with one attached hydrogen (secondary N) is 1. The summed E-state index contributed by atoms with van der Waals surface area (Å²) in [5.74, 6) is 2.79. The van der Waals surface area contributed by atoms with Gasteiger partial charge < -0.3 is 9.88 Å². The van der Waals surface area contributed by atoms with Gasteiger partial charge in [0.15, 0.2) is 0 Å². The average molecular weight is 219 g/mol. The number of aryl methyl sites for hydroxylation is 1. The third-order valence-corrected chi connectivity index (χ3v) is 3.96. The summed E-state index contributed by atoms with van der Waals surface area (Å²) in [4.78, 5) is 4.83. The molecule has 2 aliphatic rings. The molecule has 3 heterocycles. The summed E-state index contributed by atoms with van der Waals surface area (Å²) in [6.45, 7) is 5.81. The first-order valence-corrected chi connectivity index (χ1v) is 6.59. The van der Waals surface area contributed by atoms with Crippen molar-refractivity contribution in [1.29, 1.82) is 0 Å². The Morgan fingerprint density at radius 2 is 2.38 bits per heavy atom. The maximum atomic E-state index is 4.83. The highest BCUT2D eigenvalue weighted by molar-refractivity contribution is 5.12. The molecule has 2 unspecified atom stereocenters. The largest absolute Gasteiger partial charge is 0.334 e. The van der Waals surface area contributed by atoms with Gasteiger partial charge in [-0.05, 0) is 31.7 Å². The number of hydrogen-bond acceptors (Lipinski definition) is 2. The van der Waals surface area contributed by atoms with Crippen LogP contribution in [0.25, 0.3) is 0 Å². The van der Waals surface area contributed by atoms with E-state index in [0.29, 0.717) is 5.92 Å². The van der Waals surface area contributed by atoms with Crippen molar-refractivity contribution >= 4 is 0 Å². The number of nitrogens with zero attached hydrogens (tertiary/aromatic N) is 2. The standard InChI is InChI=1S/C13H21N3/c1-10-4-5-13-15-12(9-16(13)8-10)11-3-2-6-14-7-11/h9-11,14H,2-8H2,1H3. The predicted octanol–water partition coefficient (Wildman–Crippen LogP) is 1.93. The molecule has 0 aliphatic carbocycles. The van der Waals surface area contributed by atoms with Crippen LogP contribution in [-0.2, 0) is 13.0 Å². The normalized spacial score (nSPS) is 30.1. The molecular weight excluding hydrogens is 198 g/mol. The van der Waals surface area contributed by atoms with E-state index >= 15 is 0 Å². The zero-order valence-electron chi connectivity index (χ0n) is 10.1. The van der Waals surface area contributed by atoms with Crippen molar-refractivity contribution in [1.82, 2.24) is 14.9 Å². The summed E-state index contributed by atoms with van der Waals surface area (Å²) in [6, 6.07) is 0. The Balaban J connectivity index is 1.80. The molecule has 3 nitrogen and oxygen atoms in total. The molecule has 0 aromatic carbocycles. The Morgan fingerprint density at radius 3 is 3.19 bits per heavy atom. The van der Waals surface area contributed by atoms with Crippen LogP contribution in [0.5, 0.6) is 0 Å². The van der Waals surface area contributed by atoms with Gasteiger partial charge in [0.2, 0.25) is 0 Å². The van der Waals surface area contributed by atoms with E-state index < -0.39 is 0 Å². The van der Waals surface area contributed by atoms with E-state index in [4.69, 9.17) is 4.98 Å². The number of piperidine rings is 1. The molecule has 0 spiro atoms. The lowest BCUT2D eigenvalue weighted by molar-refractivity contribution is 0.394. The molecule has 3 heteroatoms. The maximum absolute atomic E-state index is 4.83. The van der Waals surface area contributed by atoms with Crippen LogP contribution in [0.2, 0.25) is 0 Å². The van der Waals surface area contributed by atoms with E-state index in [2.05, 4.69) is 23.0 Å². The van der Waals surface area contributed by atoms with Crippen LogP contribution in [0.4, 0.5) is 0 Å². The summed E-state index contributed by atoms with van der Waals surface area (Å²) in [7, 11) is 0. The van der Waals surface area contributed by atoms with E-state index in [1.807, 2.05) is 0 Å². The first-order valence-electron chi connectivity index (χ1n) is 6.59. The second kappa shape index (κ2) is 4.21. The zero-order chi connectivity index (χ0) is 11.0. The minimum atomic E-state index is 0.655. The Morgan fingerprint density at radius 1 is 1.44 bits per heavy atom. The molecule has 2 aliphatic heterocycles. The number of hydrogen-bond donors (Lipinski definition) is 1.